The average Bonchev–Trinajstić information content (AvgIpc) is 2.70. The van der Waals surface area contributed by atoms with Gasteiger partial charge in [0.15, 0.2) is 0 Å². The number of carbonyl (C=O) groups excluding carboxylic acids is 2. The minimum Gasteiger partial charge on any atom is -0.444 e. The van der Waals surface area contributed by atoms with Crippen molar-refractivity contribution in [1.29, 1.82) is 0 Å². The summed E-state index contributed by atoms with van der Waals surface area (Å²) in [5.41, 5.74) is 1.67. The van der Waals surface area contributed by atoms with Crippen LogP contribution in [-0.2, 0) is 22.7 Å². The number of nitrogens with one attached hydrogen (secondary N) is 2. The Morgan fingerprint density at radius 1 is 0.926 bits per heavy atom. The molecule has 0 bridgehead atoms. The van der Waals surface area contributed by atoms with Gasteiger partial charge in [0, 0.05) is 6.54 Å². The van der Waals surface area contributed by atoms with Crippen molar-refractivity contribution in [3.05, 3.63) is 84.4 Å². The normalized spacial score (nSPS) is 10.6. The molecule has 2 aromatic carbocycles. The van der Waals surface area contributed by atoms with Crippen LogP contribution >= 0.6 is 0 Å². The lowest BCUT2D eigenvalue weighted by atomic mass is 10.2. The van der Waals surface area contributed by atoms with Crippen LogP contribution in [-0.4, -0.2) is 24.7 Å². The summed E-state index contributed by atoms with van der Waals surface area (Å²) in [4.78, 5) is 27.5. The molecule has 0 saturated heterocycles. The predicted molar refractivity (Wildman–Crippen MR) is 102 cm³/mol. The molecule has 0 aromatic heterocycles. The third kappa shape index (κ3) is 7.87. The van der Waals surface area contributed by atoms with E-state index in [4.69, 9.17) is 9.47 Å². The van der Waals surface area contributed by atoms with Gasteiger partial charge in [0.05, 0.1) is 0 Å². The second-order valence-electron chi connectivity index (χ2n) is 5.36. The lowest BCUT2D eigenvalue weighted by Gasteiger charge is -2.10. The summed E-state index contributed by atoms with van der Waals surface area (Å²) in [6, 6.07) is 18.4. The van der Waals surface area contributed by atoms with E-state index in [0.29, 0.717) is 6.54 Å². The number of nitrogens with zero attached hydrogens (tertiary/aromatic N) is 1. The zero-order chi connectivity index (χ0) is 19.3. The van der Waals surface area contributed by atoms with Crippen molar-refractivity contribution in [1.82, 2.24) is 10.6 Å². The fourth-order valence-corrected chi connectivity index (χ4v) is 1.98. The van der Waals surface area contributed by atoms with Crippen LogP contribution in [0.1, 0.15) is 11.1 Å². The maximum atomic E-state index is 11.9. The number of amides is 2. The monoisotopic (exact) mass is 367 g/mol. The number of alkyl carbamates (subject to hydrolysis) is 1. The molecule has 0 aliphatic carbocycles. The third-order valence-corrected chi connectivity index (χ3v) is 3.26. The van der Waals surface area contributed by atoms with Gasteiger partial charge in [-0.05, 0) is 11.1 Å². The molecule has 0 radical (unpaired) electrons. The molecule has 7 heteroatoms. The first-order chi connectivity index (χ1) is 13.2. The quantitative estimate of drug-likeness (QED) is 0.464. The van der Waals surface area contributed by atoms with Crippen molar-refractivity contribution in [2.75, 3.05) is 6.54 Å². The highest BCUT2D eigenvalue weighted by Gasteiger charge is 2.10. The van der Waals surface area contributed by atoms with E-state index in [9.17, 15) is 9.59 Å². The lowest BCUT2D eigenvalue weighted by molar-refractivity contribution is 0.144. The molecular formula is C20H21N3O4. The van der Waals surface area contributed by atoms with Crippen LogP contribution in [0.5, 0.6) is 0 Å². The summed E-state index contributed by atoms with van der Waals surface area (Å²) in [5, 5.41) is 5.13. The van der Waals surface area contributed by atoms with Gasteiger partial charge in [0.1, 0.15) is 13.2 Å². The smallest absolute Gasteiger partial charge is 0.437 e. The van der Waals surface area contributed by atoms with Crippen molar-refractivity contribution in [3.8, 4) is 0 Å². The van der Waals surface area contributed by atoms with Gasteiger partial charge in [-0.25, -0.2) is 9.59 Å². The topological polar surface area (TPSA) is 89.0 Å². The number of hydrogen-bond donors (Lipinski definition) is 2. The molecule has 2 rings (SSSR count). The molecule has 2 N–H and O–H groups in total. The molecule has 2 amide bonds. The van der Waals surface area contributed by atoms with Gasteiger partial charge in [-0.3, -0.25) is 5.32 Å². The standard InChI is InChI=1S/C20H21N3O4/c1-2-13-21-18(22-19(24)26-14-16-9-5-3-6-10-16)23-20(25)27-15-17-11-7-4-8-12-17/h2-12H,1,13-15H2,(H2,21,22,23,24,25). The molecule has 0 spiro atoms. The first-order valence-electron chi connectivity index (χ1n) is 8.29. The van der Waals surface area contributed by atoms with Gasteiger partial charge in [0.2, 0.25) is 5.96 Å². The van der Waals surface area contributed by atoms with E-state index in [1.54, 1.807) is 6.08 Å². The van der Waals surface area contributed by atoms with E-state index < -0.39 is 12.2 Å². The molecule has 7 nitrogen and oxygen atoms in total. The zero-order valence-electron chi connectivity index (χ0n) is 14.8. The lowest BCUT2D eigenvalue weighted by Crippen LogP contribution is -2.41. The molecule has 0 aliphatic heterocycles. The van der Waals surface area contributed by atoms with E-state index in [2.05, 4.69) is 22.2 Å². The largest absolute Gasteiger partial charge is 0.444 e. The Bertz CT molecular complexity index is 776. The van der Waals surface area contributed by atoms with Crippen LogP contribution in [0.25, 0.3) is 0 Å². The van der Waals surface area contributed by atoms with E-state index >= 15 is 0 Å². The summed E-state index contributed by atoms with van der Waals surface area (Å²) in [6.45, 7) is 4.04. The SMILES string of the molecule is C=CCN/C(=N/C(=O)OCc1ccccc1)NC(=O)OCc1ccccc1. The third-order valence-electron chi connectivity index (χ3n) is 3.26. The Labute approximate surface area is 157 Å². The van der Waals surface area contributed by atoms with E-state index in [1.807, 2.05) is 60.7 Å². The number of ether oxygens (including phenoxy) is 2. The number of aliphatic imine (C=N–C) groups is 1. The molecule has 0 unspecified atom stereocenters. The van der Waals surface area contributed by atoms with Gasteiger partial charge in [0.25, 0.3) is 0 Å². The Morgan fingerprint density at radius 2 is 1.48 bits per heavy atom. The maximum absolute atomic E-state index is 11.9. The maximum Gasteiger partial charge on any atom is 0.437 e. The summed E-state index contributed by atoms with van der Waals surface area (Å²) >= 11 is 0. The molecule has 0 fully saturated rings. The second-order valence-corrected chi connectivity index (χ2v) is 5.36. The molecule has 0 atom stereocenters. The fraction of sp³-hybridized carbons (Fsp3) is 0.150. The zero-order valence-corrected chi connectivity index (χ0v) is 14.8. The van der Waals surface area contributed by atoms with Crippen LogP contribution in [0.2, 0.25) is 0 Å². The van der Waals surface area contributed by atoms with Crippen LogP contribution in [0.3, 0.4) is 0 Å². The molecule has 0 heterocycles. The van der Waals surface area contributed by atoms with E-state index in [0.717, 1.165) is 11.1 Å². The molecule has 27 heavy (non-hydrogen) atoms. The van der Waals surface area contributed by atoms with Crippen LogP contribution in [0, 0.1) is 0 Å². The summed E-state index contributed by atoms with van der Waals surface area (Å²) in [5.74, 6) is -0.0778. The molecule has 2 aromatic rings. The minimum atomic E-state index is -0.839. The van der Waals surface area contributed by atoms with Crippen LogP contribution in [0.4, 0.5) is 9.59 Å². The van der Waals surface area contributed by atoms with Gasteiger partial charge in [-0.15, -0.1) is 11.6 Å². The van der Waals surface area contributed by atoms with E-state index in [1.165, 1.54) is 0 Å². The fourth-order valence-electron chi connectivity index (χ4n) is 1.98. The van der Waals surface area contributed by atoms with Crippen molar-refractivity contribution in [2.45, 2.75) is 13.2 Å². The van der Waals surface area contributed by atoms with Gasteiger partial charge in [-0.1, -0.05) is 66.7 Å². The Balaban J connectivity index is 1.88. The molecule has 0 saturated carbocycles. The van der Waals surface area contributed by atoms with Gasteiger partial charge >= 0.3 is 12.2 Å². The summed E-state index contributed by atoms with van der Waals surface area (Å²) in [7, 11) is 0. The highest BCUT2D eigenvalue weighted by molar-refractivity contribution is 5.98. The Kier molecular flexibility index (Phi) is 8.10. The molecule has 140 valence electrons. The molecule has 0 aliphatic rings. The number of rotatable bonds is 6. The van der Waals surface area contributed by atoms with Crippen LogP contribution < -0.4 is 10.6 Å². The van der Waals surface area contributed by atoms with E-state index in [-0.39, 0.29) is 19.2 Å². The van der Waals surface area contributed by atoms with Crippen molar-refractivity contribution in [2.24, 2.45) is 4.99 Å². The van der Waals surface area contributed by atoms with Gasteiger partial charge < -0.3 is 14.8 Å². The first-order valence-corrected chi connectivity index (χ1v) is 8.29. The van der Waals surface area contributed by atoms with Gasteiger partial charge in [-0.2, -0.15) is 0 Å². The summed E-state index contributed by atoms with van der Waals surface area (Å²) in [6.07, 6.45) is -0.0271. The number of guanidine groups is 1. The average molecular weight is 367 g/mol. The number of hydrogen-bond acceptors (Lipinski definition) is 4. The Morgan fingerprint density at radius 3 is 2.04 bits per heavy atom. The highest BCUT2D eigenvalue weighted by Crippen LogP contribution is 2.02. The van der Waals surface area contributed by atoms with Crippen molar-refractivity contribution >= 4 is 18.1 Å². The molecular weight excluding hydrogens is 346 g/mol. The highest BCUT2D eigenvalue weighted by atomic mass is 16.6. The first kappa shape index (κ1) is 19.7. The van der Waals surface area contributed by atoms with Crippen molar-refractivity contribution < 1.29 is 19.1 Å². The summed E-state index contributed by atoms with van der Waals surface area (Å²) < 4.78 is 10.2. The predicted octanol–water partition coefficient (Wildman–Crippen LogP) is 3.38. The van der Waals surface area contributed by atoms with Crippen molar-refractivity contribution in [3.63, 3.8) is 0 Å². The Hall–Kier alpha value is -3.61. The minimum absolute atomic E-state index is 0.0778. The number of carbonyl (C=O) groups is 2. The second kappa shape index (κ2) is 11.1. The number of benzene rings is 2. The van der Waals surface area contributed by atoms with Crippen LogP contribution in [0.15, 0.2) is 78.3 Å².